The van der Waals surface area contributed by atoms with Crippen molar-refractivity contribution in [1.82, 2.24) is 10.1 Å². The Morgan fingerprint density at radius 1 is 1.45 bits per heavy atom. The molecule has 22 heavy (non-hydrogen) atoms. The minimum absolute atomic E-state index is 0.0731. The van der Waals surface area contributed by atoms with Crippen molar-refractivity contribution in [3.05, 3.63) is 48.1 Å². The number of hydrogen-bond acceptors (Lipinski definition) is 6. The first-order valence-electron chi connectivity index (χ1n) is 6.88. The molecule has 0 atom stereocenters. The van der Waals surface area contributed by atoms with E-state index < -0.39 is 0 Å². The average Bonchev–Trinajstić information content (AvgIpc) is 3.19. The normalized spacial score (nSPS) is 13.5. The average molecular weight is 301 g/mol. The van der Waals surface area contributed by atoms with Gasteiger partial charge in [-0.05, 0) is 18.2 Å². The second-order valence-electron chi connectivity index (χ2n) is 4.67. The predicted molar refractivity (Wildman–Crippen MR) is 77.6 cm³/mol. The first-order chi connectivity index (χ1) is 10.8. The van der Waals surface area contributed by atoms with E-state index in [1.54, 1.807) is 30.6 Å². The zero-order valence-corrected chi connectivity index (χ0v) is 11.8. The van der Waals surface area contributed by atoms with Gasteiger partial charge < -0.3 is 19.3 Å². The van der Waals surface area contributed by atoms with Gasteiger partial charge in [-0.2, -0.15) is 0 Å². The van der Waals surface area contributed by atoms with Crippen LogP contribution in [0.25, 0.3) is 5.76 Å². The van der Waals surface area contributed by atoms with Gasteiger partial charge in [0.15, 0.2) is 5.76 Å². The molecule has 1 N–H and O–H groups in total. The third-order valence-corrected chi connectivity index (χ3v) is 2.94. The van der Waals surface area contributed by atoms with Crippen LogP contribution >= 0.6 is 0 Å². The number of nitrogens with one attached hydrogen (secondary N) is 1. The molecule has 0 bridgehead atoms. The lowest BCUT2D eigenvalue weighted by atomic mass is 10.3. The summed E-state index contributed by atoms with van der Waals surface area (Å²) in [4.78, 5) is 15.6. The van der Waals surface area contributed by atoms with Crippen LogP contribution in [0.5, 0.6) is 0 Å². The number of carbonyl (C=O) groups excluding carboxylic acids is 1. The van der Waals surface area contributed by atoms with Crippen LogP contribution in [0.4, 0.5) is 5.69 Å². The molecule has 2 aromatic heterocycles. The number of amides is 1. The molecule has 0 spiro atoms. The highest BCUT2D eigenvalue weighted by atomic mass is 16.5. The van der Waals surface area contributed by atoms with E-state index in [1.807, 2.05) is 6.08 Å². The zero-order valence-electron chi connectivity index (χ0n) is 11.8. The van der Waals surface area contributed by atoms with Gasteiger partial charge in [0.2, 0.25) is 11.7 Å². The number of hydrogen-bond donors (Lipinski definition) is 1. The third-order valence-electron chi connectivity index (χ3n) is 2.94. The summed E-state index contributed by atoms with van der Waals surface area (Å²) in [6.07, 6.45) is 6.03. The molecule has 1 aliphatic rings. The van der Waals surface area contributed by atoms with E-state index >= 15 is 0 Å². The Balaban J connectivity index is 1.44. The van der Waals surface area contributed by atoms with Crippen molar-refractivity contribution in [2.45, 2.75) is 13.0 Å². The van der Waals surface area contributed by atoms with E-state index in [1.165, 1.54) is 0 Å². The molecule has 2 aromatic rings. The van der Waals surface area contributed by atoms with E-state index in [2.05, 4.69) is 15.5 Å². The maximum Gasteiger partial charge on any atom is 0.250 e. The Bertz CT molecular complexity index is 666. The number of pyridine rings is 1. The molecule has 0 aromatic carbocycles. The van der Waals surface area contributed by atoms with E-state index in [9.17, 15) is 4.79 Å². The maximum absolute atomic E-state index is 11.7. The molecule has 3 rings (SSSR count). The van der Waals surface area contributed by atoms with Crippen LogP contribution in [-0.2, 0) is 20.9 Å². The van der Waals surface area contributed by atoms with Crippen molar-refractivity contribution >= 4 is 17.4 Å². The highest BCUT2D eigenvalue weighted by Crippen LogP contribution is 2.22. The van der Waals surface area contributed by atoms with Crippen LogP contribution < -0.4 is 5.32 Å². The maximum atomic E-state index is 11.7. The zero-order chi connectivity index (χ0) is 15.2. The lowest BCUT2D eigenvalue weighted by Gasteiger charge is -2.04. The van der Waals surface area contributed by atoms with Crippen LogP contribution in [0.2, 0.25) is 0 Å². The molecule has 7 heteroatoms. The Hall–Kier alpha value is -2.67. The summed E-state index contributed by atoms with van der Waals surface area (Å²) in [6.45, 7) is 0.782. The lowest BCUT2D eigenvalue weighted by Crippen LogP contribution is -2.18. The Morgan fingerprint density at radius 3 is 3.18 bits per heavy atom. The van der Waals surface area contributed by atoms with Gasteiger partial charge in [-0.25, -0.2) is 0 Å². The van der Waals surface area contributed by atoms with Gasteiger partial charge in [-0.1, -0.05) is 5.16 Å². The number of rotatable bonds is 6. The molecule has 114 valence electrons. The van der Waals surface area contributed by atoms with E-state index in [0.717, 1.165) is 6.42 Å². The van der Waals surface area contributed by atoms with Gasteiger partial charge in [-0.15, -0.1) is 0 Å². The largest absolute Gasteiger partial charge is 0.490 e. The molecule has 0 radical (unpaired) electrons. The molecule has 0 saturated heterocycles. The van der Waals surface area contributed by atoms with Gasteiger partial charge in [0, 0.05) is 18.7 Å². The molecular formula is C15H15N3O4. The summed E-state index contributed by atoms with van der Waals surface area (Å²) in [5.74, 6) is 1.03. The van der Waals surface area contributed by atoms with Gasteiger partial charge in [-0.3, -0.25) is 9.78 Å². The molecule has 1 aliphatic heterocycles. The van der Waals surface area contributed by atoms with Crippen molar-refractivity contribution < 1.29 is 18.8 Å². The van der Waals surface area contributed by atoms with E-state index in [0.29, 0.717) is 29.5 Å². The number of aromatic nitrogens is 2. The molecule has 7 nitrogen and oxygen atoms in total. The van der Waals surface area contributed by atoms with Crippen LogP contribution in [-0.4, -0.2) is 29.3 Å². The standard InChI is InChI=1S/C15H15N3O4/c19-15(17-11-3-1-5-16-8-11)10-20-9-12-7-14(22-18-12)13-4-2-6-21-13/h1,3-5,7-8H,2,6,9-10H2,(H,17,19). The fraction of sp³-hybridized carbons (Fsp3) is 0.267. The van der Waals surface area contributed by atoms with Crippen molar-refractivity contribution in [3.63, 3.8) is 0 Å². The summed E-state index contributed by atoms with van der Waals surface area (Å²) >= 11 is 0. The summed E-state index contributed by atoms with van der Waals surface area (Å²) in [5.41, 5.74) is 1.24. The number of anilines is 1. The summed E-state index contributed by atoms with van der Waals surface area (Å²) in [7, 11) is 0. The highest BCUT2D eigenvalue weighted by molar-refractivity contribution is 5.91. The quantitative estimate of drug-likeness (QED) is 0.878. The number of ether oxygens (including phenoxy) is 2. The first-order valence-corrected chi connectivity index (χ1v) is 6.88. The minimum Gasteiger partial charge on any atom is -0.490 e. The van der Waals surface area contributed by atoms with Gasteiger partial charge >= 0.3 is 0 Å². The molecule has 1 amide bonds. The Labute approximate surface area is 126 Å². The van der Waals surface area contributed by atoms with Crippen LogP contribution in [0, 0.1) is 0 Å². The van der Waals surface area contributed by atoms with Crippen LogP contribution in [0.3, 0.4) is 0 Å². The second kappa shape index (κ2) is 6.86. The van der Waals surface area contributed by atoms with Crippen molar-refractivity contribution in [1.29, 1.82) is 0 Å². The summed E-state index contributed by atoms with van der Waals surface area (Å²) in [5, 5.41) is 6.56. The monoisotopic (exact) mass is 301 g/mol. The number of carbonyl (C=O) groups is 1. The SMILES string of the molecule is O=C(COCc1cc(C2=CCCO2)on1)Nc1cccnc1. The van der Waals surface area contributed by atoms with E-state index in [-0.39, 0.29) is 19.1 Å². The fourth-order valence-electron chi connectivity index (χ4n) is 1.97. The van der Waals surface area contributed by atoms with Crippen LogP contribution in [0.1, 0.15) is 17.9 Å². The van der Waals surface area contributed by atoms with Gasteiger partial charge in [0.25, 0.3) is 0 Å². The second-order valence-corrected chi connectivity index (χ2v) is 4.67. The first kappa shape index (κ1) is 14.3. The van der Waals surface area contributed by atoms with Crippen molar-refractivity contribution in [2.75, 3.05) is 18.5 Å². The van der Waals surface area contributed by atoms with Gasteiger partial charge in [0.1, 0.15) is 12.3 Å². The number of nitrogens with zero attached hydrogens (tertiary/aromatic N) is 2. The Kier molecular flexibility index (Phi) is 4.45. The molecule has 0 aliphatic carbocycles. The van der Waals surface area contributed by atoms with Crippen LogP contribution in [0.15, 0.2) is 41.2 Å². The lowest BCUT2D eigenvalue weighted by molar-refractivity contribution is -0.121. The van der Waals surface area contributed by atoms with E-state index in [4.69, 9.17) is 14.0 Å². The van der Waals surface area contributed by atoms with Gasteiger partial charge in [0.05, 0.1) is 25.1 Å². The predicted octanol–water partition coefficient (Wildman–Crippen LogP) is 1.99. The Morgan fingerprint density at radius 2 is 2.41 bits per heavy atom. The van der Waals surface area contributed by atoms with Crippen molar-refractivity contribution in [3.8, 4) is 0 Å². The molecule has 0 saturated carbocycles. The third kappa shape index (κ3) is 3.70. The topological polar surface area (TPSA) is 86.5 Å². The summed E-state index contributed by atoms with van der Waals surface area (Å²) in [6, 6.07) is 5.24. The molecule has 0 unspecified atom stereocenters. The fourth-order valence-corrected chi connectivity index (χ4v) is 1.97. The minimum atomic E-state index is -0.251. The molecule has 0 fully saturated rings. The smallest absolute Gasteiger partial charge is 0.250 e. The molecular weight excluding hydrogens is 286 g/mol. The summed E-state index contributed by atoms with van der Waals surface area (Å²) < 4.78 is 15.9. The molecule has 3 heterocycles. The highest BCUT2D eigenvalue weighted by Gasteiger charge is 2.14. The van der Waals surface area contributed by atoms with Crippen molar-refractivity contribution in [2.24, 2.45) is 0 Å².